The quantitative estimate of drug-likeness (QED) is 0.790. The fourth-order valence-electron chi connectivity index (χ4n) is 1.25. The number of rotatable bonds is 6. The second-order valence-electron chi connectivity index (χ2n) is 3.66. The summed E-state index contributed by atoms with van der Waals surface area (Å²) in [6, 6.07) is 5.30. The first-order chi connectivity index (χ1) is 8.50. The van der Waals surface area contributed by atoms with E-state index in [1.54, 1.807) is 18.2 Å². The molecule has 0 aliphatic rings. The van der Waals surface area contributed by atoms with Gasteiger partial charge in [0.05, 0.1) is 12.2 Å². The molecule has 0 unspecified atom stereocenters. The van der Waals surface area contributed by atoms with Crippen molar-refractivity contribution in [2.75, 3.05) is 16.8 Å². The standard InChI is InChI=1S/C12H14ClNO3S/c1-8-9(13)3-2-4-10(8)14-11(15)7-18-6-5-12(16)17/h2-4H,5-7H2,1H3,(H,14,15)(H,16,17). The van der Waals surface area contributed by atoms with Crippen LogP contribution < -0.4 is 5.32 Å². The Morgan fingerprint density at radius 1 is 1.44 bits per heavy atom. The van der Waals surface area contributed by atoms with E-state index in [0.29, 0.717) is 16.5 Å². The number of amides is 1. The lowest BCUT2D eigenvalue weighted by molar-refractivity contribution is -0.136. The molecule has 0 heterocycles. The number of halogens is 1. The zero-order chi connectivity index (χ0) is 13.5. The molecule has 1 rings (SSSR count). The lowest BCUT2D eigenvalue weighted by Gasteiger charge is -2.09. The molecule has 0 aliphatic heterocycles. The summed E-state index contributed by atoms with van der Waals surface area (Å²) in [6.45, 7) is 1.83. The first kappa shape index (κ1) is 14.9. The van der Waals surface area contributed by atoms with Gasteiger partial charge in [-0.2, -0.15) is 11.8 Å². The van der Waals surface area contributed by atoms with Crippen LogP contribution in [0.1, 0.15) is 12.0 Å². The topological polar surface area (TPSA) is 66.4 Å². The fourth-order valence-corrected chi connectivity index (χ4v) is 2.15. The average molecular weight is 288 g/mol. The van der Waals surface area contributed by atoms with Crippen molar-refractivity contribution in [2.24, 2.45) is 0 Å². The van der Waals surface area contributed by atoms with E-state index >= 15 is 0 Å². The molecule has 0 spiro atoms. The van der Waals surface area contributed by atoms with E-state index in [1.165, 1.54) is 11.8 Å². The van der Waals surface area contributed by atoms with Crippen molar-refractivity contribution < 1.29 is 14.7 Å². The summed E-state index contributed by atoms with van der Waals surface area (Å²) < 4.78 is 0. The summed E-state index contributed by atoms with van der Waals surface area (Å²) in [5, 5.41) is 11.8. The van der Waals surface area contributed by atoms with Crippen LogP contribution >= 0.6 is 23.4 Å². The van der Waals surface area contributed by atoms with E-state index in [-0.39, 0.29) is 18.1 Å². The van der Waals surface area contributed by atoms with Crippen molar-refractivity contribution in [1.29, 1.82) is 0 Å². The van der Waals surface area contributed by atoms with Crippen LogP contribution in [0.3, 0.4) is 0 Å². The second kappa shape index (κ2) is 7.28. The molecule has 1 aromatic rings. The predicted octanol–water partition coefficient (Wildman–Crippen LogP) is 2.79. The van der Waals surface area contributed by atoms with Crippen molar-refractivity contribution in [3.63, 3.8) is 0 Å². The molecule has 6 heteroatoms. The van der Waals surface area contributed by atoms with Gasteiger partial charge < -0.3 is 10.4 Å². The number of hydrogen-bond acceptors (Lipinski definition) is 3. The van der Waals surface area contributed by atoms with Gasteiger partial charge in [-0.1, -0.05) is 17.7 Å². The van der Waals surface area contributed by atoms with E-state index in [1.807, 2.05) is 6.92 Å². The Bertz CT molecular complexity index is 451. The minimum atomic E-state index is -0.853. The van der Waals surface area contributed by atoms with Gasteiger partial charge in [-0.3, -0.25) is 9.59 Å². The number of carbonyl (C=O) groups is 2. The second-order valence-corrected chi connectivity index (χ2v) is 5.17. The summed E-state index contributed by atoms with van der Waals surface area (Å²) in [5.74, 6) is -0.347. The average Bonchev–Trinajstić information content (AvgIpc) is 2.30. The highest BCUT2D eigenvalue weighted by molar-refractivity contribution is 7.99. The van der Waals surface area contributed by atoms with Crippen LogP contribution in [0.25, 0.3) is 0 Å². The Labute approximate surface area is 115 Å². The lowest BCUT2D eigenvalue weighted by atomic mass is 10.2. The number of anilines is 1. The third-order valence-electron chi connectivity index (χ3n) is 2.24. The van der Waals surface area contributed by atoms with Gasteiger partial charge in [-0.05, 0) is 24.6 Å². The lowest BCUT2D eigenvalue weighted by Crippen LogP contribution is -2.15. The van der Waals surface area contributed by atoms with E-state index < -0.39 is 5.97 Å². The predicted molar refractivity (Wildman–Crippen MR) is 74.4 cm³/mol. The maximum Gasteiger partial charge on any atom is 0.304 e. The minimum absolute atomic E-state index is 0.0636. The van der Waals surface area contributed by atoms with Gasteiger partial charge in [0.2, 0.25) is 5.91 Å². The van der Waals surface area contributed by atoms with Gasteiger partial charge in [-0.15, -0.1) is 0 Å². The summed E-state index contributed by atoms with van der Waals surface area (Å²) in [7, 11) is 0. The number of benzene rings is 1. The molecule has 18 heavy (non-hydrogen) atoms. The number of nitrogens with one attached hydrogen (secondary N) is 1. The summed E-state index contributed by atoms with van der Waals surface area (Å²) in [4.78, 5) is 21.9. The van der Waals surface area contributed by atoms with Gasteiger partial charge in [0.1, 0.15) is 0 Å². The van der Waals surface area contributed by atoms with Gasteiger partial charge >= 0.3 is 5.97 Å². The molecule has 1 aromatic carbocycles. The number of aliphatic carboxylic acids is 1. The zero-order valence-corrected chi connectivity index (χ0v) is 11.5. The Balaban J connectivity index is 2.40. The minimum Gasteiger partial charge on any atom is -0.481 e. The van der Waals surface area contributed by atoms with Crippen molar-refractivity contribution in [1.82, 2.24) is 0 Å². The molecule has 0 radical (unpaired) electrons. The molecule has 98 valence electrons. The zero-order valence-electron chi connectivity index (χ0n) is 9.90. The maximum atomic E-state index is 11.6. The van der Waals surface area contributed by atoms with E-state index in [0.717, 1.165) is 5.56 Å². The first-order valence-electron chi connectivity index (χ1n) is 5.35. The molecule has 0 aromatic heterocycles. The maximum absolute atomic E-state index is 11.6. The Hall–Kier alpha value is -1.20. The van der Waals surface area contributed by atoms with Crippen LogP contribution in [-0.4, -0.2) is 28.5 Å². The Morgan fingerprint density at radius 2 is 2.17 bits per heavy atom. The van der Waals surface area contributed by atoms with Crippen molar-refractivity contribution in [3.05, 3.63) is 28.8 Å². The van der Waals surface area contributed by atoms with E-state index in [9.17, 15) is 9.59 Å². The molecule has 0 bridgehead atoms. The first-order valence-corrected chi connectivity index (χ1v) is 6.88. The number of thioether (sulfide) groups is 1. The highest BCUT2D eigenvalue weighted by Crippen LogP contribution is 2.23. The molecule has 0 aliphatic carbocycles. The van der Waals surface area contributed by atoms with E-state index in [2.05, 4.69) is 5.32 Å². The van der Waals surface area contributed by atoms with Crippen molar-refractivity contribution >= 4 is 40.9 Å². The molecular formula is C12H14ClNO3S. The summed E-state index contributed by atoms with van der Waals surface area (Å²) in [6.07, 6.45) is 0.0636. The fraction of sp³-hybridized carbons (Fsp3) is 0.333. The molecule has 0 saturated heterocycles. The van der Waals surface area contributed by atoms with E-state index in [4.69, 9.17) is 16.7 Å². The SMILES string of the molecule is Cc1c(Cl)cccc1NC(=O)CSCCC(=O)O. The Morgan fingerprint density at radius 3 is 2.83 bits per heavy atom. The smallest absolute Gasteiger partial charge is 0.304 e. The largest absolute Gasteiger partial charge is 0.481 e. The molecular weight excluding hydrogens is 274 g/mol. The molecule has 0 atom stereocenters. The van der Waals surface area contributed by atoms with Gasteiger partial charge in [0.25, 0.3) is 0 Å². The third kappa shape index (κ3) is 4.98. The van der Waals surface area contributed by atoms with Crippen LogP contribution in [0.15, 0.2) is 18.2 Å². The van der Waals surface area contributed by atoms with Crippen LogP contribution in [0.5, 0.6) is 0 Å². The molecule has 0 fully saturated rings. The number of hydrogen-bond donors (Lipinski definition) is 2. The third-order valence-corrected chi connectivity index (χ3v) is 3.60. The number of carboxylic acids is 1. The monoisotopic (exact) mass is 287 g/mol. The normalized spacial score (nSPS) is 10.1. The van der Waals surface area contributed by atoms with Crippen LogP contribution in [0.4, 0.5) is 5.69 Å². The van der Waals surface area contributed by atoms with Crippen LogP contribution in [0, 0.1) is 6.92 Å². The molecule has 4 nitrogen and oxygen atoms in total. The highest BCUT2D eigenvalue weighted by Gasteiger charge is 2.07. The van der Waals surface area contributed by atoms with Crippen LogP contribution in [0.2, 0.25) is 5.02 Å². The van der Waals surface area contributed by atoms with Gasteiger partial charge in [0.15, 0.2) is 0 Å². The molecule has 2 N–H and O–H groups in total. The number of carboxylic acid groups (broad SMARTS) is 1. The highest BCUT2D eigenvalue weighted by atomic mass is 35.5. The van der Waals surface area contributed by atoms with Gasteiger partial charge in [0, 0.05) is 16.5 Å². The number of carbonyl (C=O) groups excluding carboxylic acids is 1. The van der Waals surface area contributed by atoms with Crippen molar-refractivity contribution in [2.45, 2.75) is 13.3 Å². The summed E-state index contributed by atoms with van der Waals surface area (Å²) >= 11 is 7.23. The molecule has 0 saturated carbocycles. The molecule has 1 amide bonds. The summed E-state index contributed by atoms with van der Waals surface area (Å²) in [5.41, 5.74) is 1.51. The Kier molecular flexibility index (Phi) is 6.01. The van der Waals surface area contributed by atoms with Gasteiger partial charge in [-0.25, -0.2) is 0 Å². The van der Waals surface area contributed by atoms with Crippen LogP contribution in [-0.2, 0) is 9.59 Å². The van der Waals surface area contributed by atoms with Crippen molar-refractivity contribution in [3.8, 4) is 0 Å².